The number of urea groups is 1. The SMILES string of the molecule is Cc1cc2ncc3c(n2n1)[C@](C)(C(F)(F)F)CN3C(=O)N[C@@H]1CCCC[C@H]1O. The number of alkyl halides is 3. The number of aliphatic hydroxyl groups excluding tert-OH is 1. The Morgan fingerprint density at radius 3 is 2.75 bits per heavy atom. The Morgan fingerprint density at radius 1 is 1.36 bits per heavy atom. The molecule has 3 atom stereocenters. The third-order valence-electron chi connectivity index (χ3n) is 5.78. The Hall–Kier alpha value is -2.36. The van der Waals surface area contributed by atoms with E-state index in [1.807, 2.05) is 0 Å². The normalized spacial score (nSPS) is 27.9. The molecule has 0 radical (unpaired) electrons. The lowest BCUT2D eigenvalue weighted by Gasteiger charge is -2.31. The minimum Gasteiger partial charge on any atom is -0.391 e. The monoisotopic (exact) mass is 397 g/mol. The van der Waals surface area contributed by atoms with Crippen molar-refractivity contribution in [3.8, 4) is 0 Å². The first-order valence-corrected chi connectivity index (χ1v) is 9.30. The van der Waals surface area contributed by atoms with Crippen LogP contribution >= 0.6 is 0 Å². The first kappa shape index (κ1) is 19.0. The van der Waals surface area contributed by atoms with Crippen LogP contribution in [0.1, 0.15) is 44.0 Å². The molecule has 1 aliphatic heterocycles. The average Bonchev–Trinajstić information content (AvgIpc) is 3.14. The van der Waals surface area contributed by atoms with Crippen LogP contribution in [0.25, 0.3) is 5.65 Å². The minimum atomic E-state index is -4.59. The van der Waals surface area contributed by atoms with Gasteiger partial charge in [-0.1, -0.05) is 12.8 Å². The zero-order chi connectivity index (χ0) is 20.3. The van der Waals surface area contributed by atoms with Crippen LogP contribution in [0.2, 0.25) is 0 Å². The Balaban J connectivity index is 1.75. The van der Waals surface area contributed by atoms with E-state index in [1.165, 1.54) is 10.7 Å². The summed E-state index contributed by atoms with van der Waals surface area (Å²) in [4.78, 5) is 18.1. The molecule has 0 spiro atoms. The Kier molecular flexibility index (Phi) is 4.29. The number of aliphatic hydroxyl groups is 1. The molecule has 10 heteroatoms. The number of nitrogens with one attached hydrogen (secondary N) is 1. The first-order valence-electron chi connectivity index (χ1n) is 9.30. The number of hydrogen-bond donors (Lipinski definition) is 2. The van der Waals surface area contributed by atoms with Crippen LogP contribution in [0.4, 0.5) is 23.7 Å². The standard InChI is InChI=1S/C18H22F3N5O2/c1-10-7-14-22-8-12-15(26(14)24-10)17(2,18(19,20)21)9-25(12)16(28)23-11-5-3-4-6-13(11)27/h7-8,11,13,27H,3-6,9H2,1-2H3,(H,23,28)/t11-,13-,17-/m1/s1. The van der Waals surface area contributed by atoms with E-state index in [0.29, 0.717) is 24.2 Å². The summed E-state index contributed by atoms with van der Waals surface area (Å²) in [6.45, 7) is 2.18. The van der Waals surface area contributed by atoms with Crippen molar-refractivity contribution < 1.29 is 23.1 Å². The second kappa shape index (κ2) is 6.33. The second-order valence-electron chi connectivity index (χ2n) is 7.87. The van der Waals surface area contributed by atoms with Gasteiger partial charge < -0.3 is 10.4 Å². The molecule has 1 aliphatic carbocycles. The molecule has 2 amide bonds. The molecule has 7 nitrogen and oxygen atoms in total. The number of halogens is 3. The molecule has 2 aliphatic rings. The predicted molar refractivity (Wildman–Crippen MR) is 95.3 cm³/mol. The smallest absolute Gasteiger partial charge is 0.391 e. The summed E-state index contributed by atoms with van der Waals surface area (Å²) >= 11 is 0. The number of carbonyl (C=O) groups excluding carboxylic acids is 1. The van der Waals surface area contributed by atoms with E-state index in [0.717, 1.165) is 24.7 Å². The fourth-order valence-corrected chi connectivity index (χ4v) is 4.15. The predicted octanol–water partition coefficient (Wildman–Crippen LogP) is 2.69. The molecule has 152 valence electrons. The quantitative estimate of drug-likeness (QED) is 0.775. The number of aromatic nitrogens is 3. The summed E-state index contributed by atoms with van der Waals surface area (Å²) < 4.78 is 43.3. The fourth-order valence-electron chi connectivity index (χ4n) is 4.15. The third-order valence-corrected chi connectivity index (χ3v) is 5.78. The number of rotatable bonds is 1. The highest BCUT2D eigenvalue weighted by molar-refractivity contribution is 5.95. The van der Waals surface area contributed by atoms with Crippen molar-refractivity contribution in [3.63, 3.8) is 0 Å². The van der Waals surface area contributed by atoms with Crippen LogP contribution in [0.15, 0.2) is 12.3 Å². The van der Waals surface area contributed by atoms with Crippen LogP contribution < -0.4 is 10.2 Å². The van der Waals surface area contributed by atoms with Gasteiger partial charge in [0.1, 0.15) is 5.41 Å². The molecule has 4 rings (SSSR count). The van der Waals surface area contributed by atoms with Gasteiger partial charge in [-0.2, -0.15) is 18.3 Å². The van der Waals surface area contributed by atoms with E-state index in [-0.39, 0.29) is 11.4 Å². The van der Waals surface area contributed by atoms with E-state index in [9.17, 15) is 23.1 Å². The lowest BCUT2D eigenvalue weighted by atomic mass is 9.87. The lowest BCUT2D eigenvalue weighted by Crippen LogP contribution is -2.52. The van der Waals surface area contributed by atoms with Gasteiger partial charge in [0.25, 0.3) is 0 Å². The summed E-state index contributed by atoms with van der Waals surface area (Å²) in [6.07, 6.45) is -1.10. The molecule has 0 saturated heterocycles. The highest BCUT2D eigenvalue weighted by Crippen LogP contribution is 2.49. The van der Waals surface area contributed by atoms with Gasteiger partial charge in [-0.25, -0.2) is 14.3 Å². The van der Waals surface area contributed by atoms with E-state index >= 15 is 0 Å². The molecule has 0 aromatic carbocycles. The van der Waals surface area contributed by atoms with Gasteiger partial charge in [-0.15, -0.1) is 0 Å². The molecule has 0 bridgehead atoms. The van der Waals surface area contributed by atoms with E-state index in [2.05, 4.69) is 15.4 Å². The highest BCUT2D eigenvalue weighted by Gasteiger charge is 2.60. The molecular weight excluding hydrogens is 375 g/mol. The summed E-state index contributed by atoms with van der Waals surface area (Å²) in [7, 11) is 0. The van der Waals surface area contributed by atoms with E-state index < -0.39 is 36.3 Å². The molecule has 0 unspecified atom stereocenters. The van der Waals surface area contributed by atoms with Crippen molar-refractivity contribution in [2.75, 3.05) is 11.4 Å². The van der Waals surface area contributed by atoms with Crippen LogP contribution in [0, 0.1) is 6.92 Å². The van der Waals surface area contributed by atoms with Crippen LogP contribution in [-0.4, -0.2) is 50.6 Å². The number of nitrogens with zero attached hydrogens (tertiary/aromatic N) is 4. The molecule has 2 aromatic heterocycles. The number of fused-ring (bicyclic) bond motifs is 3. The molecule has 2 N–H and O–H groups in total. The highest BCUT2D eigenvalue weighted by atomic mass is 19.4. The van der Waals surface area contributed by atoms with E-state index in [4.69, 9.17) is 0 Å². The number of anilines is 1. The maximum absolute atomic E-state index is 14.1. The average molecular weight is 397 g/mol. The topological polar surface area (TPSA) is 82.8 Å². The summed E-state index contributed by atoms with van der Waals surface area (Å²) in [6, 6.07) is 0.467. The summed E-state index contributed by atoms with van der Waals surface area (Å²) in [5, 5.41) is 17.0. The Morgan fingerprint density at radius 2 is 2.07 bits per heavy atom. The Labute approximate surface area is 159 Å². The van der Waals surface area contributed by atoms with Gasteiger partial charge in [0.05, 0.1) is 35.4 Å². The van der Waals surface area contributed by atoms with Crippen LogP contribution in [-0.2, 0) is 5.41 Å². The molecule has 1 saturated carbocycles. The summed E-state index contributed by atoms with van der Waals surface area (Å²) in [5.41, 5.74) is -1.46. The maximum atomic E-state index is 14.1. The first-order chi connectivity index (χ1) is 13.1. The zero-order valence-electron chi connectivity index (χ0n) is 15.6. The molecule has 2 aromatic rings. The molecular formula is C18H22F3N5O2. The van der Waals surface area contributed by atoms with Gasteiger partial charge in [0.15, 0.2) is 5.65 Å². The molecule has 3 heterocycles. The Bertz CT molecular complexity index is 928. The maximum Gasteiger partial charge on any atom is 0.401 e. The van der Waals surface area contributed by atoms with Crippen molar-refractivity contribution in [2.45, 2.75) is 63.3 Å². The van der Waals surface area contributed by atoms with Crippen molar-refractivity contribution >= 4 is 17.4 Å². The van der Waals surface area contributed by atoms with Gasteiger partial charge in [0, 0.05) is 12.6 Å². The lowest BCUT2D eigenvalue weighted by molar-refractivity contribution is -0.181. The summed E-state index contributed by atoms with van der Waals surface area (Å²) in [5.74, 6) is 0. The number of aryl methyl sites for hydroxylation is 1. The van der Waals surface area contributed by atoms with Crippen molar-refractivity contribution in [1.29, 1.82) is 0 Å². The van der Waals surface area contributed by atoms with Crippen molar-refractivity contribution in [1.82, 2.24) is 19.9 Å². The number of amides is 2. The number of hydrogen-bond acceptors (Lipinski definition) is 4. The third kappa shape index (κ3) is 2.81. The van der Waals surface area contributed by atoms with Crippen molar-refractivity contribution in [2.24, 2.45) is 0 Å². The van der Waals surface area contributed by atoms with Crippen molar-refractivity contribution in [3.05, 3.63) is 23.7 Å². The zero-order valence-corrected chi connectivity index (χ0v) is 15.6. The fraction of sp³-hybridized carbons (Fsp3) is 0.611. The van der Waals surface area contributed by atoms with Gasteiger partial charge in [0.2, 0.25) is 0 Å². The van der Waals surface area contributed by atoms with Gasteiger partial charge >= 0.3 is 12.2 Å². The number of carbonyl (C=O) groups is 1. The van der Waals surface area contributed by atoms with Crippen LogP contribution in [0.3, 0.4) is 0 Å². The second-order valence-corrected chi connectivity index (χ2v) is 7.87. The van der Waals surface area contributed by atoms with Crippen LogP contribution in [0.5, 0.6) is 0 Å². The van der Waals surface area contributed by atoms with E-state index in [1.54, 1.807) is 13.0 Å². The largest absolute Gasteiger partial charge is 0.401 e. The van der Waals surface area contributed by atoms with Gasteiger partial charge in [-0.3, -0.25) is 4.90 Å². The molecule has 28 heavy (non-hydrogen) atoms. The molecule has 1 fully saturated rings. The van der Waals surface area contributed by atoms with Gasteiger partial charge in [-0.05, 0) is 26.7 Å². The minimum absolute atomic E-state index is 0.0817.